The van der Waals surface area contributed by atoms with E-state index in [9.17, 15) is 9.59 Å². The first-order valence-electron chi connectivity index (χ1n) is 6.22. The molecule has 0 rings (SSSR count). The third kappa shape index (κ3) is 7.55. The summed E-state index contributed by atoms with van der Waals surface area (Å²) in [6.45, 7) is 3.64. The Morgan fingerprint density at radius 2 is 2.11 bits per heavy atom. The van der Waals surface area contributed by atoms with E-state index in [4.69, 9.17) is 11.5 Å². The molecule has 0 aliphatic carbocycles. The summed E-state index contributed by atoms with van der Waals surface area (Å²) in [4.78, 5) is 23.5. The average Bonchev–Trinajstić information content (AvgIpc) is 2.28. The number of carboxylic acid groups (broad SMARTS) is 1. The number of urea groups is 1. The van der Waals surface area contributed by atoms with Crippen LogP contribution < -0.4 is 5.32 Å². The molecule has 5 heteroatoms. The lowest BCUT2D eigenvalue weighted by atomic mass is 10.1. The summed E-state index contributed by atoms with van der Waals surface area (Å²) in [6.07, 6.45) is 9.30. The van der Waals surface area contributed by atoms with Gasteiger partial charge < -0.3 is 15.3 Å². The van der Waals surface area contributed by atoms with Gasteiger partial charge in [-0.3, -0.25) is 4.79 Å². The number of hydrogen-bond donors (Lipinski definition) is 2. The summed E-state index contributed by atoms with van der Waals surface area (Å²) in [6, 6.07) is -0.391. The summed E-state index contributed by atoms with van der Waals surface area (Å²) in [7, 11) is 0. The lowest BCUT2D eigenvalue weighted by molar-refractivity contribution is -0.137. The van der Waals surface area contributed by atoms with Crippen LogP contribution >= 0.6 is 0 Å². The zero-order valence-electron chi connectivity index (χ0n) is 11.1. The number of amides is 2. The summed E-state index contributed by atoms with van der Waals surface area (Å²) in [5.41, 5.74) is 0. The lowest BCUT2D eigenvalue weighted by Crippen LogP contribution is -2.46. The van der Waals surface area contributed by atoms with Crippen molar-refractivity contribution in [2.45, 2.75) is 45.6 Å². The van der Waals surface area contributed by atoms with Crippen molar-refractivity contribution in [1.82, 2.24) is 10.2 Å². The highest BCUT2D eigenvalue weighted by atomic mass is 16.4. The van der Waals surface area contributed by atoms with E-state index in [1.807, 2.05) is 6.92 Å². The molecule has 0 saturated carbocycles. The molecule has 0 heterocycles. The largest absolute Gasteiger partial charge is 0.480 e. The van der Waals surface area contributed by atoms with Crippen molar-refractivity contribution in [3.63, 3.8) is 0 Å². The van der Waals surface area contributed by atoms with Crippen LogP contribution in [0.2, 0.25) is 0 Å². The molecule has 1 unspecified atom stereocenters. The molecule has 0 spiro atoms. The molecule has 0 aromatic heterocycles. The Hall–Kier alpha value is -1.70. The van der Waals surface area contributed by atoms with Gasteiger partial charge >= 0.3 is 12.0 Å². The van der Waals surface area contributed by atoms with Gasteiger partial charge in [-0.1, -0.05) is 32.1 Å². The first-order valence-corrected chi connectivity index (χ1v) is 6.22. The minimum absolute atomic E-state index is 0.000185. The van der Waals surface area contributed by atoms with Crippen LogP contribution in [0.25, 0.3) is 0 Å². The second kappa shape index (κ2) is 9.34. The first-order chi connectivity index (χ1) is 8.51. The minimum Gasteiger partial charge on any atom is -0.480 e. The van der Waals surface area contributed by atoms with Gasteiger partial charge in [-0.25, -0.2) is 4.79 Å². The van der Waals surface area contributed by atoms with Gasteiger partial charge in [0.15, 0.2) is 0 Å². The number of carbonyl (C=O) groups excluding carboxylic acids is 1. The predicted molar refractivity (Wildman–Crippen MR) is 70.2 cm³/mol. The van der Waals surface area contributed by atoms with Crippen LogP contribution in [0.3, 0.4) is 0 Å². The van der Waals surface area contributed by atoms with E-state index in [-0.39, 0.29) is 19.1 Å². The van der Waals surface area contributed by atoms with Crippen LogP contribution in [0.15, 0.2) is 0 Å². The number of unbranched alkanes of at least 4 members (excludes halogenated alkanes) is 2. The molecule has 0 aliphatic heterocycles. The standard InChI is InChI=1S/C13H22N2O3/c1-4-6-7-8-11(3)14-13(18)15(9-5-2)10-12(16)17/h2,11H,4,6-10H2,1,3H3,(H,14,18)(H,16,17). The maximum absolute atomic E-state index is 11.8. The molecule has 0 radical (unpaired) electrons. The monoisotopic (exact) mass is 254 g/mol. The summed E-state index contributed by atoms with van der Waals surface area (Å²) in [5.74, 6) is 1.21. The fourth-order valence-corrected chi connectivity index (χ4v) is 1.55. The SMILES string of the molecule is C#CCN(CC(=O)O)C(=O)NC(C)CCCCC. The van der Waals surface area contributed by atoms with E-state index >= 15 is 0 Å². The lowest BCUT2D eigenvalue weighted by Gasteiger charge is -2.21. The zero-order valence-corrected chi connectivity index (χ0v) is 11.1. The summed E-state index contributed by atoms with van der Waals surface area (Å²) in [5, 5.41) is 11.4. The molecule has 0 aliphatic rings. The molecule has 1 atom stereocenters. The van der Waals surface area contributed by atoms with Crippen LogP contribution in [0.4, 0.5) is 4.79 Å². The molecular weight excluding hydrogens is 232 g/mol. The normalized spacial score (nSPS) is 11.4. The highest BCUT2D eigenvalue weighted by molar-refractivity contribution is 5.80. The number of rotatable bonds is 8. The molecule has 5 nitrogen and oxygen atoms in total. The first kappa shape index (κ1) is 16.3. The van der Waals surface area contributed by atoms with E-state index in [0.717, 1.165) is 30.6 Å². The highest BCUT2D eigenvalue weighted by Crippen LogP contribution is 2.03. The Morgan fingerprint density at radius 1 is 1.44 bits per heavy atom. The number of nitrogens with zero attached hydrogens (tertiary/aromatic N) is 1. The third-order valence-corrected chi connectivity index (χ3v) is 2.51. The second-order valence-corrected chi connectivity index (χ2v) is 4.30. The molecule has 18 heavy (non-hydrogen) atoms. The fourth-order valence-electron chi connectivity index (χ4n) is 1.55. The molecule has 2 N–H and O–H groups in total. The van der Waals surface area contributed by atoms with Crippen molar-refractivity contribution in [1.29, 1.82) is 0 Å². The maximum atomic E-state index is 11.8. The van der Waals surface area contributed by atoms with Crippen molar-refractivity contribution in [3.8, 4) is 12.3 Å². The van der Waals surface area contributed by atoms with E-state index in [2.05, 4.69) is 18.2 Å². The van der Waals surface area contributed by atoms with Gasteiger partial charge in [0.05, 0.1) is 6.54 Å². The summed E-state index contributed by atoms with van der Waals surface area (Å²) < 4.78 is 0. The maximum Gasteiger partial charge on any atom is 0.323 e. The van der Waals surface area contributed by atoms with Crippen molar-refractivity contribution < 1.29 is 14.7 Å². The number of carbonyl (C=O) groups is 2. The van der Waals surface area contributed by atoms with Crippen molar-refractivity contribution in [2.75, 3.05) is 13.1 Å². The van der Waals surface area contributed by atoms with Crippen LogP contribution in [-0.2, 0) is 4.79 Å². The fraction of sp³-hybridized carbons (Fsp3) is 0.692. The number of terminal acetylenes is 1. The van der Waals surface area contributed by atoms with Crippen molar-refractivity contribution >= 4 is 12.0 Å². The molecule has 0 saturated heterocycles. The molecule has 0 bridgehead atoms. The zero-order chi connectivity index (χ0) is 14.0. The van der Waals surface area contributed by atoms with Crippen LogP contribution in [-0.4, -0.2) is 41.1 Å². The van der Waals surface area contributed by atoms with Gasteiger partial charge in [0.1, 0.15) is 6.54 Å². The van der Waals surface area contributed by atoms with Gasteiger partial charge in [-0.15, -0.1) is 6.42 Å². The number of hydrogen-bond acceptors (Lipinski definition) is 2. The smallest absolute Gasteiger partial charge is 0.323 e. The van der Waals surface area contributed by atoms with Gasteiger partial charge in [0.2, 0.25) is 0 Å². The Kier molecular flexibility index (Phi) is 8.46. The Labute approximate surface area is 109 Å². The van der Waals surface area contributed by atoms with Crippen LogP contribution in [0.1, 0.15) is 39.5 Å². The Balaban J connectivity index is 4.16. The van der Waals surface area contributed by atoms with E-state index < -0.39 is 12.0 Å². The molecule has 0 aromatic carbocycles. The summed E-state index contributed by atoms with van der Waals surface area (Å²) >= 11 is 0. The number of carboxylic acids is 1. The van der Waals surface area contributed by atoms with E-state index in [1.54, 1.807) is 0 Å². The topological polar surface area (TPSA) is 69.6 Å². The van der Waals surface area contributed by atoms with Crippen LogP contribution in [0.5, 0.6) is 0 Å². The number of aliphatic carboxylic acids is 1. The molecule has 102 valence electrons. The molecule has 2 amide bonds. The van der Waals surface area contributed by atoms with E-state index in [1.165, 1.54) is 0 Å². The highest BCUT2D eigenvalue weighted by Gasteiger charge is 2.17. The van der Waals surface area contributed by atoms with E-state index in [0.29, 0.717) is 0 Å². The average molecular weight is 254 g/mol. The van der Waals surface area contributed by atoms with Crippen molar-refractivity contribution in [2.24, 2.45) is 0 Å². The quantitative estimate of drug-likeness (QED) is 0.511. The Morgan fingerprint density at radius 3 is 2.61 bits per heavy atom. The molecule has 0 aromatic rings. The second-order valence-electron chi connectivity index (χ2n) is 4.30. The molecular formula is C13H22N2O3. The molecule has 0 fully saturated rings. The number of nitrogens with one attached hydrogen (secondary N) is 1. The van der Waals surface area contributed by atoms with Gasteiger partial charge in [-0.05, 0) is 13.3 Å². The third-order valence-electron chi connectivity index (χ3n) is 2.51. The minimum atomic E-state index is -1.07. The van der Waals surface area contributed by atoms with Gasteiger partial charge in [-0.2, -0.15) is 0 Å². The van der Waals surface area contributed by atoms with Gasteiger partial charge in [0, 0.05) is 6.04 Å². The van der Waals surface area contributed by atoms with Gasteiger partial charge in [0.25, 0.3) is 0 Å². The van der Waals surface area contributed by atoms with Crippen LogP contribution in [0, 0.1) is 12.3 Å². The predicted octanol–water partition coefficient (Wildman–Crippen LogP) is 1.68. The Bertz CT molecular complexity index is 310. The van der Waals surface area contributed by atoms with Crippen molar-refractivity contribution in [3.05, 3.63) is 0 Å².